The molecule has 1 aliphatic carbocycles. The topological polar surface area (TPSA) is 61.4 Å². The van der Waals surface area contributed by atoms with Gasteiger partial charge in [0, 0.05) is 19.5 Å². The summed E-state index contributed by atoms with van der Waals surface area (Å²) in [5.41, 5.74) is -0.723. The van der Waals surface area contributed by atoms with Gasteiger partial charge < -0.3 is 15.7 Å². The Morgan fingerprint density at radius 1 is 1.28 bits per heavy atom. The number of carbonyl (C=O) groups excluding carboxylic acids is 1. The van der Waals surface area contributed by atoms with Crippen LogP contribution in [0, 0.1) is 5.92 Å². The lowest BCUT2D eigenvalue weighted by atomic mass is 9.96. The van der Waals surface area contributed by atoms with E-state index < -0.39 is 5.60 Å². The molecule has 4 nitrogen and oxygen atoms in total. The summed E-state index contributed by atoms with van der Waals surface area (Å²) in [5, 5.41) is 16.1. The van der Waals surface area contributed by atoms with Crippen LogP contribution in [0.3, 0.4) is 0 Å². The molecule has 1 unspecified atom stereocenters. The molecule has 0 radical (unpaired) electrons. The molecule has 0 spiro atoms. The second kappa shape index (κ2) is 6.53. The maximum Gasteiger partial charge on any atom is 0.220 e. The number of β-amino-alcohol motifs (C(OH)–C–C–N with tert-alkyl or cyclic N) is 1. The van der Waals surface area contributed by atoms with Crippen LogP contribution in [0.4, 0.5) is 0 Å². The monoisotopic (exact) mass is 254 g/mol. The van der Waals surface area contributed by atoms with Crippen molar-refractivity contribution in [2.75, 3.05) is 19.6 Å². The van der Waals surface area contributed by atoms with Gasteiger partial charge in [-0.05, 0) is 31.7 Å². The summed E-state index contributed by atoms with van der Waals surface area (Å²) in [5.74, 6) is 0.672. The first-order valence-electron chi connectivity index (χ1n) is 7.38. The van der Waals surface area contributed by atoms with Gasteiger partial charge in [0.15, 0.2) is 0 Å². The number of aliphatic hydroxyl groups is 1. The fraction of sp³-hybridized carbons (Fsp3) is 0.929. The molecule has 1 amide bonds. The number of rotatable bonds is 4. The van der Waals surface area contributed by atoms with E-state index in [1.165, 1.54) is 38.5 Å². The third-order valence-electron chi connectivity index (χ3n) is 4.28. The standard InChI is InChI=1S/C14H26N2O2/c17-13(9-12-5-3-1-2-4-6-12)16-11-14(18)7-8-15-10-14/h12,15,18H,1-11H2,(H,16,17). The fourth-order valence-electron chi connectivity index (χ4n) is 3.05. The molecule has 3 N–H and O–H groups in total. The lowest BCUT2D eigenvalue weighted by molar-refractivity contribution is -0.123. The minimum Gasteiger partial charge on any atom is -0.387 e. The molecular formula is C14H26N2O2. The van der Waals surface area contributed by atoms with Gasteiger partial charge in [-0.15, -0.1) is 0 Å². The van der Waals surface area contributed by atoms with Crippen LogP contribution in [0.2, 0.25) is 0 Å². The predicted octanol–water partition coefficient (Wildman–Crippen LogP) is 1.19. The largest absolute Gasteiger partial charge is 0.387 e. The van der Waals surface area contributed by atoms with Crippen molar-refractivity contribution in [1.29, 1.82) is 0 Å². The van der Waals surface area contributed by atoms with Gasteiger partial charge in [-0.1, -0.05) is 25.7 Å². The minimum atomic E-state index is -0.723. The van der Waals surface area contributed by atoms with Crippen molar-refractivity contribution in [3.8, 4) is 0 Å². The Hall–Kier alpha value is -0.610. The summed E-state index contributed by atoms with van der Waals surface area (Å²) in [4.78, 5) is 11.9. The molecule has 2 fully saturated rings. The Kier molecular flexibility index (Phi) is 5.01. The lowest BCUT2D eigenvalue weighted by Gasteiger charge is -2.22. The van der Waals surface area contributed by atoms with Crippen molar-refractivity contribution in [2.45, 2.75) is 57.0 Å². The van der Waals surface area contributed by atoms with Crippen LogP contribution >= 0.6 is 0 Å². The molecule has 4 heteroatoms. The van der Waals surface area contributed by atoms with E-state index >= 15 is 0 Å². The van der Waals surface area contributed by atoms with Crippen LogP contribution in [0.5, 0.6) is 0 Å². The molecule has 18 heavy (non-hydrogen) atoms. The Balaban J connectivity index is 1.67. The van der Waals surface area contributed by atoms with E-state index in [2.05, 4.69) is 10.6 Å². The summed E-state index contributed by atoms with van der Waals surface area (Å²) in [6.45, 7) is 1.83. The van der Waals surface area contributed by atoms with E-state index in [1.54, 1.807) is 0 Å². The van der Waals surface area contributed by atoms with Gasteiger partial charge in [0.2, 0.25) is 5.91 Å². The van der Waals surface area contributed by atoms with Crippen molar-refractivity contribution in [3.05, 3.63) is 0 Å². The molecule has 0 bridgehead atoms. The highest BCUT2D eigenvalue weighted by molar-refractivity contribution is 5.76. The molecule has 2 rings (SSSR count). The van der Waals surface area contributed by atoms with Crippen molar-refractivity contribution in [2.24, 2.45) is 5.92 Å². The lowest BCUT2D eigenvalue weighted by Crippen LogP contribution is -2.44. The first kappa shape index (κ1) is 13.8. The van der Waals surface area contributed by atoms with Gasteiger partial charge in [0.05, 0.1) is 5.60 Å². The summed E-state index contributed by atoms with van der Waals surface area (Å²) < 4.78 is 0. The van der Waals surface area contributed by atoms with Crippen molar-refractivity contribution >= 4 is 5.91 Å². The van der Waals surface area contributed by atoms with Gasteiger partial charge in [-0.25, -0.2) is 0 Å². The molecule has 1 aliphatic heterocycles. The quantitative estimate of drug-likeness (QED) is 0.660. The molecule has 1 saturated carbocycles. The van der Waals surface area contributed by atoms with Crippen LogP contribution in [-0.2, 0) is 4.79 Å². The summed E-state index contributed by atoms with van der Waals surface area (Å²) in [6.07, 6.45) is 8.95. The molecule has 1 saturated heterocycles. The second-order valence-electron chi connectivity index (χ2n) is 5.99. The normalized spacial score (nSPS) is 30.1. The van der Waals surface area contributed by atoms with Crippen molar-refractivity contribution < 1.29 is 9.90 Å². The molecule has 0 aromatic carbocycles. The molecule has 1 heterocycles. The number of carbonyl (C=O) groups is 1. The van der Waals surface area contributed by atoms with Crippen LogP contribution in [-0.4, -0.2) is 36.2 Å². The summed E-state index contributed by atoms with van der Waals surface area (Å²) in [6, 6.07) is 0. The third kappa shape index (κ3) is 4.25. The van der Waals surface area contributed by atoms with Gasteiger partial charge in [-0.3, -0.25) is 4.79 Å². The Bertz CT molecular complexity index is 267. The molecule has 1 atom stereocenters. The second-order valence-corrected chi connectivity index (χ2v) is 5.99. The van der Waals surface area contributed by atoms with E-state index in [1.807, 2.05) is 0 Å². The zero-order valence-corrected chi connectivity index (χ0v) is 11.2. The van der Waals surface area contributed by atoms with Crippen LogP contribution in [0.25, 0.3) is 0 Å². The smallest absolute Gasteiger partial charge is 0.220 e. The van der Waals surface area contributed by atoms with Gasteiger partial charge in [-0.2, -0.15) is 0 Å². The number of nitrogens with one attached hydrogen (secondary N) is 2. The number of hydrogen-bond acceptors (Lipinski definition) is 3. The van der Waals surface area contributed by atoms with Crippen LogP contribution in [0.1, 0.15) is 51.4 Å². The van der Waals surface area contributed by atoms with E-state index in [0.717, 1.165) is 13.0 Å². The minimum absolute atomic E-state index is 0.113. The molecular weight excluding hydrogens is 228 g/mol. The van der Waals surface area contributed by atoms with Gasteiger partial charge >= 0.3 is 0 Å². The molecule has 0 aromatic heterocycles. The maximum atomic E-state index is 11.9. The third-order valence-corrected chi connectivity index (χ3v) is 4.28. The average Bonchev–Trinajstić information content (AvgIpc) is 2.62. The van der Waals surface area contributed by atoms with E-state index in [4.69, 9.17) is 0 Å². The maximum absolute atomic E-state index is 11.9. The van der Waals surface area contributed by atoms with E-state index in [-0.39, 0.29) is 5.91 Å². The Morgan fingerprint density at radius 3 is 2.61 bits per heavy atom. The molecule has 0 aromatic rings. The van der Waals surface area contributed by atoms with E-state index in [9.17, 15) is 9.90 Å². The van der Waals surface area contributed by atoms with Crippen LogP contribution < -0.4 is 10.6 Å². The highest BCUT2D eigenvalue weighted by Crippen LogP contribution is 2.25. The highest BCUT2D eigenvalue weighted by atomic mass is 16.3. The Labute approximate surface area is 110 Å². The fourth-order valence-corrected chi connectivity index (χ4v) is 3.05. The van der Waals surface area contributed by atoms with Crippen molar-refractivity contribution in [3.63, 3.8) is 0 Å². The van der Waals surface area contributed by atoms with Crippen molar-refractivity contribution in [1.82, 2.24) is 10.6 Å². The predicted molar refractivity (Wildman–Crippen MR) is 71.3 cm³/mol. The Morgan fingerprint density at radius 2 is 2.00 bits per heavy atom. The summed E-state index contributed by atoms with van der Waals surface area (Å²) >= 11 is 0. The van der Waals surface area contributed by atoms with E-state index in [0.29, 0.717) is 25.4 Å². The van der Waals surface area contributed by atoms with Gasteiger partial charge in [0.1, 0.15) is 0 Å². The average molecular weight is 254 g/mol. The first-order valence-corrected chi connectivity index (χ1v) is 7.38. The number of hydrogen-bond donors (Lipinski definition) is 3. The summed E-state index contributed by atoms with van der Waals surface area (Å²) in [7, 11) is 0. The molecule has 2 aliphatic rings. The first-order chi connectivity index (χ1) is 8.68. The van der Waals surface area contributed by atoms with Crippen LogP contribution in [0.15, 0.2) is 0 Å². The van der Waals surface area contributed by atoms with Gasteiger partial charge in [0.25, 0.3) is 0 Å². The zero-order chi connectivity index (χ0) is 12.8. The number of amides is 1. The molecule has 104 valence electrons. The SMILES string of the molecule is O=C(CC1CCCCCC1)NCC1(O)CCNC1. The zero-order valence-electron chi connectivity index (χ0n) is 11.2. The highest BCUT2D eigenvalue weighted by Gasteiger charge is 2.31.